The number of allylic oxidation sites excluding steroid dienone is 1. The van der Waals surface area contributed by atoms with Crippen molar-refractivity contribution in [3.05, 3.63) is 39.5 Å². The van der Waals surface area contributed by atoms with E-state index in [4.69, 9.17) is 9.47 Å². The highest BCUT2D eigenvalue weighted by Crippen LogP contribution is 2.34. The molecule has 1 aromatic rings. The zero-order valence-corrected chi connectivity index (χ0v) is 16.4. The lowest BCUT2D eigenvalue weighted by Crippen LogP contribution is -2.47. The molecule has 2 rings (SSSR count). The second kappa shape index (κ2) is 8.38. The van der Waals surface area contributed by atoms with Crippen molar-refractivity contribution < 1.29 is 19.1 Å². The number of ether oxygens (including phenoxy) is 2. The molecule has 0 saturated heterocycles. The molecule has 1 heterocycles. The van der Waals surface area contributed by atoms with Crippen LogP contribution in [-0.2, 0) is 9.53 Å². The highest BCUT2D eigenvalue weighted by atomic mass is 79.9. The summed E-state index contributed by atoms with van der Waals surface area (Å²) in [6.45, 7) is 8.32. The first-order valence-electron chi connectivity index (χ1n) is 8.29. The normalized spacial score (nSPS) is 17.2. The number of carbonyl (C=O) groups excluding carboxylic acids is 2. The van der Waals surface area contributed by atoms with Gasteiger partial charge in [0.15, 0.2) is 0 Å². The number of rotatable bonds is 6. The van der Waals surface area contributed by atoms with E-state index in [0.29, 0.717) is 23.6 Å². The van der Waals surface area contributed by atoms with Crippen LogP contribution in [-0.4, -0.2) is 25.2 Å². The summed E-state index contributed by atoms with van der Waals surface area (Å²) >= 11 is 3.48. The Balaban J connectivity index is 2.52. The molecule has 0 fully saturated rings. The van der Waals surface area contributed by atoms with E-state index in [9.17, 15) is 9.59 Å². The van der Waals surface area contributed by atoms with Gasteiger partial charge in [-0.25, -0.2) is 9.59 Å². The molecule has 1 unspecified atom stereocenters. The van der Waals surface area contributed by atoms with Gasteiger partial charge in [0.2, 0.25) is 0 Å². The van der Waals surface area contributed by atoms with Crippen molar-refractivity contribution in [2.45, 2.75) is 33.7 Å². The molecule has 2 N–H and O–H groups in total. The van der Waals surface area contributed by atoms with E-state index in [2.05, 4.69) is 26.6 Å². The van der Waals surface area contributed by atoms with Gasteiger partial charge in [0, 0.05) is 5.70 Å². The van der Waals surface area contributed by atoms with Crippen molar-refractivity contribution >= 4 is 27.9 Å². The minimum absolute atomic E-state index is 0.0286. The van der Waals surface area contributed by atoms with Crippen LogP contribution in [0.5, 0.6) is 5.75 Å². The number of hydrogen-bond acceptors (Lipinski definition) is 4. The first-order valence-corrected chi connectivity index (χ1v) is 9.09. The number of benzene rings is 1. The molecule has 1 aliphatic heterocycles. The summed E-state index contributed by atoms with van der Waals surface area (Å²) in [5.74, 6) is 0.241. The standard InChI is InChI=1S/C18H23BrN2O4/c1-5-24-13-8-7-11(9-12(13)19)16-14(17(22)25-6-2)15(10(3)4)20-18(23)21-16/h7-10,16H,5-6H2,1-4H3,(H2,20,21,23). The van der Waals surface area contributed by atoms with Crippen LogP contribution in [0.4, 0.5) is 4.79 Å². The lowest BCUT2D eigenvalue weighted by Gasteiger charge is -2.31. The lowest BCUT2D eigenvalue weighted by atomic mass is 9.91. The summed E-state index contributed by atoms with van der Waals surface area (Å²) < 4.78 is 11.5. The van der Waals surface area contributed by atoms with Crippen LogP contribution >= 0.6 is 15.9 Å². The topological polar surface area (TPSA) is 76.7 Å². The van der Waals surface area contributed by atoms with E-state index < -0.39 is 12.0 Å². The predicted molar refractivity (Wildman–Crippen MR) is 98.2 cm³/mol. The van der Waals surface area contributed by atoms with Crippen LogP contribution in [0, 0.1) is 5.92 Å². The maximum absolute atomic E-state index is 12.5. The van der Waals surface area contributed by atoms with Crippen LogP contribution in [0.2, 0.25) is 0 Å². The van der Waals surface area contributed by atoms with Crippen LogP contribution in [0.15, 0.2) is 33.9 Å². The van der Waals surface area contributed by atoms with E-state index in [1.807, 2.05) is 39.0 Å². The smallest absolute Gasteiger partial charge is 0.338 e. The SMILES string of the molecule is CCOC(=O)C1=C(C(C)C)NC(=O)NC1c1ccc(OCC)c(Br)c1. The minimum atomic E-state index is -0.586. The fraction of sp³-hybridized carbons (Fsp3) is 0.444. The van der Waals surface area contributed by atoms with Crippen LogP contribution < -0.4 is 15.4 Å². The summed E-state index contributed by atoms with van der Waals surface area (Å²) in [4.78, 5) is 24.6. The van der Waals surface area contributed by atoms with Crippen molar-refractivity contribution in [3.8, 4) is 5.75 Å². The van der Waals surface area contributed by atoms with Gasteiger partial charge < -0.3 is 20.1 Å². The second-order valence-electron chi connectivity index (χ2n) is 5.86. The summed E-state index contributed by atoms with van der Waals surface area (Å²) in [6.07, 6.45) is 0. The first kappa shape index (κ1) is 19.3. The zero-order valence-electron chi connectivity index (χ0n) is 14.8. The molecule has 7 heteroatoms. The third-order valence-electron chi connectivity index (χ3n) is 3.76. The second-order valence-corrected chi connectivity index (χ2v) is 6.71. The zero-order chi connectivity index (χ0) is 18.6. The molecule has 0 aromatic heterocycles. The van der Waals surface area contributed by atoms with E-state index >= 15 is 0 Å². The van der Waals surface area contributed by atoms with Crippen LogP contribution in [0.3, 0.4) is 0 Å². The molecule has 1 aromatic carbocycles. The number of nitrogens with one attached hydrogen (secondary N) is 2. The molecule has 2 amide bonds. The van der Waals surface area contributed by atoms with Crippen molar-refractivity contribution in [1.82, 2.24) is 10.6 Å². The Morgan fingerprint density at radius 1 is 1.28 bits per heavy atom. The number of hydrogen-bond donors (Lipinski definition) is 2. The average Bonchev–Trinajstić information content (AvgIpc) is 2.56. The van der Waals surface area contributed by atoms with Gasteiger partial charge in [-0.05, 0) is 53.4 Å². The lowest BCUT2D eigenvalue weighted by molar-refractivity contribution is -0.139. The molecule has 1 atom stereocenters. The third kappa shape index (κ3) is 4.34. The Hall–Kier alpha value is -2.02. The Morgan fingerprint density at radius 3 is 2.56 bits per heavy atom. The van der Waals surface area contributed by atoms with Gasteiger partial charge in [0.05, 0.1) is 29.3 Å². The summed E-state index contributed by atoms with van der Waals surface area (Å²) in [5, 5.41) is 5.56. The quantitative estimate of drug-likeness (QED) is 0.701. The number of urea groups is 1. The van der Waals surface area contributed by atoms with Crippen molar-refractivity contribution in [1.29, 1.82) is 0 Å². The first-order chi connectivity index (χ1) is 11.9. The Labute approximate surface area is 156 Å². The molecular formula is C18H23BrN2O4. The highest BCUT2D eigenvalue weighted by Gasteiger charge is 2.34. The predicted octanol–water partition coefficient (Wildman–Crippen LogP) is 3.67. The van der Waals surface area contributed by atoms with Crippen molar-refractivity contribution in [2.75, 3.05) is 13.2 Å². The number of esters is 1. The molecule has 0 spiro atoms. The molecule has 0 saturated carbocycles. The third-order valence-corrected chi connectivity index (χ3v) is 4.38. The maximum Gasteiger partial charge on any atom is 0.338 e. The summed E-state index contributed by atoms with van der Waals surface area (Å²) in [5.41, 5.74) is 1.77. The van der Waals surface area contributed by atoms with Gasteiger partial charge in [-0.15, -0.1) is 0 Å². The fourth-order valence-electron chi connectivity index (χ4n) is 2.70. The summed E-state index contributed by atoms with van der Waals surface area (Å²) in [6, 6.07) is 4.57. The minimum Gasteiger partial charge on any atom is -0.493 e. The number of amides is 2. The fourth-order valence-corrected chi connectivity index (χ4v) is 3.21. The molecule has 25 heavy (non-hydrogen) atoms. The van der Waals surface area contributed by atoms with E-state index in [1.165, 1.54) is 0 Å². The average molecular weight is 411 g/mol. The van der Waals surface area contributed by atoms with Crippen LogP contribution in [0.1, 0.15) is 39.3 Å². The van der Waals surface area contributed by atoms with E-state index in [1.54, 1.807) is 6.92 Å². The molecule has 1 aliphatic rings. The van der Waals surface area contributed by atoms with Gasteiger partial charge in [0.1, 0.15) is 5.75 Å². The number of carbonyl (C=O) groups is 2. The van der Waals surface area contributed by atoms with Crippen molar-refractivity contribution in [2.24, 2.45) is 5.92 Å². The maximum atomic E-state index is 12.5. The van der Waals surface area contributed by atoms with Gasteiger partial charge in [-0.1, -0.05) is 19.9 Å². The Bertz CT molecular complexity index is 700. The molecule has 0 radical (unpaired) electrons. The Kier molecular flexibility index (Phi) is 6.47. The molecule has 0 aliphatic carbocycles. The van der Waals surface area contributed by atoms with Gasteiger partial charge in [-0.3, -0.25) is 0 Å². The van der Waals surface area contributed by atoms with Gasteiger partial charge >= 0.3 is 12.0 Å². The van der Waals surface area contributed by atoms with Gasteiger partial charge in [0.25, 0.3) is 0 Å². The van der Waals surface area contributed by atoms with E-state index in [-0.39, 0.29) is 18.6 Å². The van der Waals surface area contributed by atoms with Gasteiger partial charge in [-0.2, -0.15) is 0 Å². The van der Waals surface area contributed by atoms with Crippen LogP contribution in [0.25, 0.3) is 0 Å². The molecule has 6 nitrogen and oxygen atoms in total. The summed E-state index contributed by atoms with van der Waals surface area (Å²) in [7, 11) is 0. The molecule has 136 valence electrons. The van der Waals surface area contributed by atoms with Crippen molar-refractivity contribution in [3.63, 3.8) is 0 Å². The Morgan fingerprint density at radius 2 is 2.00 bits per heavy atom. The molecular weight excluding hydrogens is 388 g/mol. The molecule has 0 bridgehead atoms. The monoisotopic (exact) mass is 410 g/mol. The highest BCUT2D eigenvalue weighted by molar-refractivity contribution is 9.10. The van der Waals surface area contributed by atoms with E-state index in [0.717, 1.165) is 10.0 Å². The number of halogens is 1. The largest absolute Gasteiger partial charge is 0.493 e.